The zero-order valence-electron chi connectivity index (χ0n) is 26.9. The molecular weight excluding hydrogens is 542 g/mol. The van der Waals surface area contributed by atoms with E-state index in [9.17, 15) is 0 Å². The van der Waals surface area contributed by atoms with E-state index < -0.39 is 11.6 Å². The van der Waals surface area contributed by atoms with Crippen LogP contribution in [0.2, 0.25) is 0 Å². The minimum Gasteiger partial charge on any atom is -0.391 e. The van der Waals surface area contributed by atoms with Crippen LogP contribution in [0.1, 0.15) is 89.0 Å². The highest BCUT2D eigenvalue weighted by Crippen LogP contribution is 2.40. The first-order valence-electron chi connectivity index (χ1n) is 16.4. The zero-order chi connectivity index (χ0) is 31.0. The molecule has 0 spiro atoms. The van der Waals surface area contributed by atoms with Crippen molar-refractivity contribution in [3.05, 3.63) is 61.1 Å². The Hall–Kier alpha value is -2.87. The van der Waals surface area contributed by atoms with Gasteiger partial charge in [0.25, 0.3) is 0 Å². The summed E-state index contributed by atoms with van der Waals surface area (Å²) in [4.78, 5) is 4.39. The molecule has 1 aliphatic heterocycles. The fraction of sp³-hybridized carbons (Fsp3) is 0.629. The lowest BCUT2D eigenvalue weighted by atomic mass is 9.76. The van der Waals surface area contributed by atoms with E-state index in [2.05, 4.69) is 47.3 Å². The van der Waals surface area contributed by atoms with Crippen LogP contribution in [-0.4, -0.2) is 54.5 Å². The van der Waals surface area contributed by atoms with Crippen molar-refractivity contribution < 1.29 is 8.78 Å². The van der Waals surface area contributed by atoms with Crippen LogP contribution in [0.4, 0.5) is 14.6 Å². The maximum Gasteiger partial charge on any atom is 0.164 e. The number of aryl methyl sites for hydroxylation is 1. The topological polar surface area (TPSA) is 48.4 Å². The molecular formula is C35H54F2N6. The predicted molar refractivity (Wildman–Crippen MR) is 176 cm³/mol. The number of rotatable bonds is 16. The number of likely N-dealkylation sites (tertiary alicyclic amines) is 1. The second-order valence-electron chi connectivity index (χ2n) is 13.2. The molecule has 1 aliphatic carbocycles. The quantitative estimate of drug-likeness (QED) is 0.154. The number of halogens is 2. The van der Waals surface area contributed by atoms with E-state index >= 15 is 8.78 Å². The van der Waals surface area contributed by atoms with Crippen LogP contribution in [0, 0.1) is 23.0 Å². The first-order chi connectivity index (χ1) is 20.7. The van der Waals surface area contributed by atoms with Crippen LogP contribution >= 0.6 is 0 Å². The normalized spacial score (nSPS) is 18.3. The second-order valence-corrected chi connectivity index (χ2v) is 13.2. The number of hydrogen-bond acceptors (Lipinski definition) is 5. The molecule has 0 amide bonds. The van der Waals surface area contributed by atoms with Crippen LogP contribution in [-0.2, 0) is 7.05 Å². The van der Waals surface area contributed by atoms with Gasteiger partial charge in [-0.3, -0.25) is 4.68 Å². The van der Waals surface area contributed by atoms with E-state index in [0.29, 0.717) is 35.5 Å². The summed E-state index contributed by atoms with van der Waals surface area (Å²) in [5, 5.41) is 11.4. The Kier molecular flexibility index (Phi) is 11.7. The van der Waals surface area contributed by atoms with E-state index in [0.717, 1.165) is 51.4 Å². The summed E-state index contributed by atoms with van der Waals surface area (Å²) in [6.45, 7) is 18.3. The predicted octanol–water partition coefficient (Wildman–Crippen LogP) is 7.59. The molecule has 1 atom stereocenters. The molecule has 2 heterocycles. The van der Waals surface area contributed by atoms with Gasteiger partial charge in [-0.2, -0.15) is 5.10 Å². The molecule has 238 valence electrons. The van der Waals surface area contributed by atoms with E-state index in [1.165, 1.54) is 55.7 Å². The minimum absolute atomic E-state index is 0.154. The third-order valence-corrected chi connectivity index (χ3v) is 9.96. The van der Waals surface area contributed by atoms with Gasteiger partial charge in [0.1, 0.15) is 11.3 Å². The Balaban J connectivity index is 1.48. The van der Waals surface area contributed by atoms with Crippen molar-refractivity contribution in [1.82, 2.24) is 25.3 Å². The van der Waals surface area contributed by atoms with Crippen molar-refractivity contribution in [1.29, 1.82) is 0 Å². The summed E-state index contributed by atoms with van der Waals surface area (Å²) in [5.74, 6) is 0.857. The van der Waals surface area contributed by atoms with Gasteiger partial charge in [-0.1, -0.05) is 58.3 Å². The molecule has 6 nitrogen and oxygen atoms in total. The number of nitrogens with zero attached hydrogens (tertiary/aromatic N) is 4. The lowest BCUT2D eigenvalue weighted by Crippen LogP contribution is -2.42. The lowest BCUT2D eigenvalue weighted by Gasteiger charge is -2.40. The van der Waals surface area contributed by atoms with Crippen LogP contribution in [0.25, 0.3) is 10.9 Å². The average molecular weight is 597 g/mol. The molecule has 0 radical (unpaired) electrons. The molecule has 8 heteroatoms. The van der Waals surface area contributed by atoms with Gasteiger partial charge in [0.15, 0.2) is 11.6 Å². The molecule has 2 fully saturated rings. The van der Waals surface area contributed by atoms with Gasteiger partial charge in [0.2, 0.25) is 0 Å². The summed E-state index contributed by atoms with van der Waals surface area (Å²) in [6.07, 6.45) is 16.3. The van der Waals surface area contributed by atoms with Gasteiger partial charge in [0, 0.05) is 39.3 Å². The van der Waals surface area contributed by atoms with Crippen molar-refractivity contribution >= 4 is 16.7 Å². The molecule has 2 N–H and O–H groups in total. The van der Waals surface area contributed by atoms with Crippen molar-refractivity contribution in [2.24, 2.45) is 18.4 Å². The highest BCUT2D eigenvalue weighted by Gasteiger charge is 2.33. The van der Waals surface area contributed by atoms with Gasteiger partial charge in [-0.15, -0.1) is 6.58 Å². The maximum atomic E-state index is 16.2. The van der Waals surface area contributed by atoms with Crippen molar-refractivity contribution in [3.63, 3.8) is 0 Å². The molecule has 2 aliphatic rings. The summed E-state index contributed by atoms with van der Waals surface area (Å²) in [7, 11) is 3.50. The van der Waals surface area contributed by atoms with Crippen LogP contribution in [0.3, 0.4) is 0 Å². The summed E-state index contributed by atoms with van der Waals surface area (Å²) in [5.41, 5.74) is 0.753. The first-order valence-corrected chi connectivity index (χ1v) is 16.4. The number of anilines is 1. The van der Waals surface area contributed by atoms with Crippen LogP contribution in [0.15, 0.2) is 43.9 Å². The fourth-order valence-electron chi connectivity index (χ4n) is 7.36. The van der Waals surface area contributed by atoms with E-state index in [1.807, 2.05) is 11.0 Å². The molecule has 4 rings (SSSR count). The third-order valence-electron chi connectivity index (χ3n) is 9.96. The van der Waals surface area contributed by atoms with Crippen LogP contribution < -0.4 is 15.5 Å². The number of nitrogens with one attached hydrogen (secondary N) is 2. The largest absolute Gasteiger partial charge is 0.391 e. The second kappa shape index (κ2) is 15.2. The summed E-state index contributed by atoms with van der Waals surface area (Å²) in [6, 6.07) is 1.47. The number of benzene rings is 1. The van der Waals surface area contributed by atoms with E-state index in [-0.39, 0.29) is 16.9 Å². The van der Waals surface area contributed by atoms with Crippen LogP contribution in [0.5, 0.6) is 0 Å². The molecule has 43 heavy (non-hydrogen) atoms. The molecule has 1 aromatic heterocycles. The Morgan fingerprint density at radius 2 is 1.86 bits per heavy atom. The monoisotopic (exact) mass is 596 g/mol. The van der Waals surface area contributed by atoms with Crippen molar-refractivity contribution in [2.75, 3.05) is 44.7 Å². The van der Waals surface area contributed by atoms with Gasteiger partial charge in [-0.05, 0) is 81.1 Å². The Bertz CT molecular complexity index is 1240. The fourth-order valence-corrected chi connectivity index (χ4v) is 7.36. The molecule has 2 aromatic rings. The smallest absolute Gasteiger partial charge is 0.164 e. The number of aromatic nitrogens is 2. The van der Waals surface area contributed by atoms with Gasteiger partial charge >= 0.3 is 0 Å². The highest BCUT2D eigenvalue weighted by atomic mass is 19.1. The number of fused-ring (bicyclic) bond motifs is 1. The van der Waals surface area contributed by atoms with Gasteiger partial charge in [-0.25, -0.2) is 8.78 Å². The third kappa shape index (κ3) is 8.00. The van der Waals surface area contributed by atoms with E-state index in [4.69, 9.17) is 0 Å². The highest BCUT2D eigenvalue weighted by molar-refractivity contribution is 5.92. The molecule has 0 bridgehead atoms. The maximum absolute atomic E-state index is 16.2. The number of hydrogen-bond donors (Lipinski definition) is 2. The van der Waals surface area contributed by atoms with Gasteiger partial charge < -0.3 is 20.4 Å². The van der Waals surface area contributed by atoms with Crippen molar-refractivity contribution in [3.8, 4) is 0 Å². The molecule has 1 saturated heterocycles. The Morgan fingerprint density at radius 1 is 1.14 bits per heavy atom. The molecule has 1 unspecified atom stereocenters. The SMILES string of the molecule is C=CCCN(C(=C)NC)c1nn(C)c2c(F)c(C3CCN(CC(C)(CCNC=C)CCC4CCCCC4)CC3)c(F)cc12. The lowest BCUT2D eigenvalue weighted by molar-refractivity contribution is 0.109. The first kappa shape index (κ1) is 33.0. The standard InChI is InChI=1S/C35H54F2N6/c1-7-9-21-43(26(3)38-5)34-29-24-30(36)31(32(37)33(29)41(6)40-34)28-16-22-42(23-17-28)25-35(4,19-20-39-8-2)18-15-27-13-11-10-12-14-27/h7-8,24,27-28,38-39H,1-3,9-23,25H2,4-6H3. The molecule has 1 aromatic carbocycles. The van der Waals surface area contributed by atoms with Gasteiger partial charge in [0.05, 0.1) is 11.2 Å². The molecule has 1 saturated carbocycles. The van der Waals surface area contributed by atoms with Crippen molar-refractivity contribution in [2.45, 2.75) is 83.5 Å². The Labute approximate surface area is 258 Å². The number of piperidine rings is 1. The summed E-state index contributed by atoms with van der Waals surface area (Å²) < 4.78 is 33.5. The zero-order valence-corrected chi connectivity index (χ0v) is 26.9. The Morgan fingerprint density at radius 3 is 2.51 bits per heavy atom. The minimum atomic E-state index is -0.485. The summed E-state index contributed by atoms with van der Waals surface area (Å²) >= 11 is 0. The van der Waals surface area contributed by atoms with E-state index in [1.54, 1.807) is 20.3 Å². The average Bonchev–Trinajstić information content (AvgIpc) is 3.33.